The van der Waals surface area contributed by atoms with Gasteiger partial charge in [0, 0.05) is 39.3 Å². The van der Waals surface area contributed by atoms with Crippen LogP contribution in [0.2, 0.25) is 0 Å². The van der Waals surface area contributed by atoms with Gasteiger partial charge < -0.3 is 0 Å². The number of hydrogen-bond donors (Lipinski definition) is 0. The molecule has 2 saturated heterocycles. The van der Waals surface area contributed by atoms with Crippen LogP contribution >= 0.6 is 18.3 Å². The van der Waals surface area contributed by atoms with Gasteiger partial charge in [-0.05, 0) is 39.5 Å². The van der Waals surface area contributed by atoms with Gasteiger partial charge in [-0.2, -0.15) is 0 Å². The first-order valence-electron chi connectivity index (χ1n) is 7.08. The largest absolute Gasteiger partial charge is 0.331 e. The molecule has 0 aromatic carbocycles. The van der Waals surface area contributed by atoms with Gasteiger partial charge in [0.25, 0.3) is 0 Å². The Morgan fingerprint density at radius 1 is 0.882 bits per heavy atom. The molecule has 0 aliphatic carbocycles. The number of nitrogens with zero attached hydrogens (tertiary/aromatic N) is 3. The Morgan fingerprint density at radius 2 is 1.24 bits per heavy atom. The van der Waals surface area contributed by atoms with E-state index in [9.17, 15) is 0 Å². The van der Waals surface area contributed by atoms with Crippen LogP contribution in [0.15, 0.2) is 0 Å². The van der Waals surface area contributed by atoms with Gasteiger partial charge in [0.2, 0.25) is 0 Å². The van der Waals surface area contributed by atoms with Gasteiger partial charge in [-0.3, -0.25) is 0 Å². The third-order valence-corrected chi connectivity index (χ3v) is 9.42. The highest BCUT2D eigenvalue weighted by Crippen LogP contribution is 2.73. The normalized spacial score (nSPS) is 24.0. The third-order valence-electron chi connectivity index (χ3n) is 3.97. The second-order valence-electron chi connectivity index (χ2n) is 4.96. The van der Waals surface area contributed by atoms with Gasteiger partial charge in [0.15, 0.2) is 11.2 Å². The van der Waals surface area contributed by atoms with Crippen LogP contribution in [0.25, 0.3) is 0 Å². The highest BCUT2D eigenvalue weighted by atomic mass is 35.7. The molecule has 2 rings (SSSR count). The fraction of sp³-hybridized carbons (Fsp3) is 1.00. The van der Waals surface area contributed by atoms with E-state index in [0.717, 1.165) is 13.1 Å². The fourth-order valence-electron chi connectivity index (χ4n) is 3.03. The van der Waals surface area contributed by atoms with Crippen molar-refractivity contribution in [2.24, 2.45) is 0 Å². The zero-order valence-corrected chi connectivity index (χ0v) is 12.9. The molecule has 3 nitrogen and oxygen atoms in total. The van der Waals surface area contributed by atoms with Crippen LogP contribution in [0, 0.1) is 0 Å². The Bertz CT molecular complexity index is 214. The topological polar surface area (TPSA) is 9.72 Å². The van der Waals surface area contributed by atoms with Crippen LogP contribution < -0.4 is 0 Å². The van der Waals surface area contributed by atoms with Gasteiger partial charge in [0.05, 0.1) is 0 Å². The molecular weight excluding hydrogens is 253 g/mol. The van der Waals surface area contributed by atoms with Crippen LogP contribution in [0.3, 0.4) is 0 Å². The van der Waals surface area contributed by atoms with E-state index < -0.39 is 7.07 Å². The molecule has 0 amide bonds. The van der Waals surface area contributed by atoms with Crippen molar-refractivity contribution >= 4 is 18.3 Å². The van der Waals surface area contributed by atoms with E-state index in [-0.39, 0.29) is 0 Å². The lowest BCUT2D eigenvalue weighted by molar-refractivity contribution is 0.372. The predicted molar refractivity (Wildman–Crippen MR) is 77.3 cm³/mol. The van der Waals surface area contributed by atoms with E-state index in [1.807, 2.05) is 0 Å². The van der Waals surface area contributed by atoms with E-state index in [0.29, 0.717) is 0 Å². The molecule has 0 bridgehead atoms. The van der Waals surface area contributed by atoms with E-state index in [2.05, 4.69) is 27.9 Å². The molecule has 100 valence electrons. The maximum Gasteiger partial charge on any atom is 0.331 e. The molecule has 2 heterocycles. The number of halogens is 1. The quantitative estimate of drug-likeness (QED) is 0.714. The van der Waals surface area contributed by atoms with Gasteiger partial charge in [-0.15, -0.1) is 14.0 Å². The van der Waals surface area contributed by atoms with Crippen molar-refractivity contribution in [3.63, 3.8) is 0 Å². The average Bonchev–Trinajstić information content (AvgIpc) is 3.04. The summed E-state index contributed by atoms with van der Waals surface area (Å²) in [7, 11) is -1.70. The van der Waals surface area contributed by atoms with Crippen molar-refractivity contribution in [3.8, 4) is 0 Å². The summed E-state index contributed by atoms with van der Waals surface area (Å²) in [6, 6.07) is 0. The lowest BCUT2D eigenvalue weighted by Gasteiger charge is -2.39. The molecule has 0 unspecified atom stereocenters. The maximum absolute atomic E-state index is 7.21. The molecule has 0 saturated carbocycles. The molecule has 5 heteroatoms. The van der Waals surface area contributed by atoms with Crippen LogP contribution in [0.4, 0.5) is 0 Å². The molecule has 0 aromatic heterocycles. The Morgan fingerprint density at radius 3 is 1.53 bits per heavy atom. The van der Waals surface area contributed by atoms with Crippen molar-refractivity contribution in [2.45, 2.75) is 39.5 Å². The Kier molecular flexibility index (Phi) is 5.08. The van der Waals surface area contributed by atoms with Crippen LogP contribution in [0.5, 0.6) is 0 Å². The average molecular weight is 279 g/mol. The first-order chi connectivity index (χ1) is 8.23. The summed E-state index contributed by atoms with van der Waals surface area (Å²) < 4.78 is 7.70. The van der Waals surface area contributed by atoms with Crippen LogP contribution in [-0.4, -0.2) is 53.3 Å². The van der Waals surface area contributed by atoms with E-state index in [1.165, 1.54) is 51.9 Å². The van der Waals surface area contributed by atoms with Gasteiger partial charge >= 0.3 is 7.07 Å². The van der Waals surface area contributed by atoms with Crippen LogP contribution in [-0.2, 0) is 0 Å². The van der Waals surface area contributed by atoms with Crippen molar-refractivity contribution in [3.05, 3.63) is 0 Å². The molecule has 2 aliphatic rings. The summed E-state index contributed by atoms with van der Waals surface area (Å²) in [5.74, 6) is 0. The highest BCUT2D eigenvalue weighted by Gasteiger charge is 2.56. The Labute approximate surface area is 111 Å². The molecule has 0 atom stereocenters. The minimum atomic E-state index is -1.70. The lowest BCUT2D eigenvalue weighted by atomic mass is 10.4. The first-order valence-corrected chi connectivity index (χ1v) is 9.63. The van der Waals surface area contributed by atoms with E-state index in [1.54, 1.807) is 0 Å². The minimum absolute atomic E-state index is 1.07. The SMILES string of the molecule is CCN(CC)[P+](Cl)(N1CCCC1)N1CCCC1. The molecule has 2 aliphatic heterocycles. The van der Waals surface area contributed by atoms with Crippen molar-refractivity contribution in [1.29, 1.82) is 0 Å². The molecule has 2 fully saturated rings. The summed E-state index contributed by atoms with van der Waals surface area (Å²) in [5, 5.41) is 0. The summed E-state index contributed by atoms with van der Waals surface area (Å²) in [5.41, 5.74) is 0. The van der Waals surface area contributed by atoms with E-state index >= 15 is 0 Å². The molecular formula is C12H26ClN3P+. The lowest BCUT2D eigenvalue weighted by Crippen LogP contribution is -2.40. The van der Waals surface area contributed by atoms with Crippen molar-refractivity contribution in [2.75, 3.05) is 39.3 Å². The maximum atomic E-state index is 7.21. The molecule has 0 radical (unpaired) electrons. The zero-order valence-electron chi connectivity index (χ0n) is 11.2. The smallest absolute Gasteiger partial charge is 0.134 e. The predicted octanol–water partition coefficient (Wildman–Crippen LogP) is 3.44. The van der Waals surface area contributed by atoms with E-state index in [4.69, 9.17) is 11.2 Å². The second-order valence-corrected chi connectivity index (χ2v) is 9.00. The van der Waals surface area contributed by atoms with Crippen molar-refractivity contribution < 1.29 is 0 Å². The number of hydrogen-bond acceptors (Lipinski definition) is 3. The summed E-state index contributed by atoms with van der Waals surface area (Å²) >= 11 is 7.21. The second kappa shape index (κ2) is 6.16. The summed E-state index contributed by atoms with van der Waals surface area (Å²) in [4.78, 5) is 0. The fourth-order valence-corrected chi connectivity index (χ4v) is 7.96. The monoisotopic (exact) mass is 278 g/mol. The molecule has 17 heavy (non-hydrogen) atoms. The summed E-state index contributed by atoms with van der Waals surface area (Å²) in [6.07, 6.45) is 5.29. The summed E-state index contributed by atoms with van der Waals surface area (Å²) in [6.45, 7) is 11.4. The minimum Gasteiger partial charge on any atom is -0.134 e. The van der Waals surface area contributed by atoms with Gasteiger partial charge in [-0.1, -0.05) is 0 Å². The molecule has 0 N–H and O–H groups in total. The zero-order chi connectivity index (χ0) is 12.3. The Hall–Kier alpha value is 0.600. The highest BCUT2D eigenvalue weighted by molar-refractivity contribution is 7.93. The van der Waals surface area contributed by atoms with Gasteiger partial charge in [0.1, 0.15) is 0 Å². The number of rotatable bonds is 5. The third kappa shape index (κ3) is 2.64. The Balaban J connectivity index is 2.19. The molecule has 0 spiro atoms. The van der Waals surface area contributed by atoms with Crippen LogP contribution in [0.1, 0.15) is 39.5 Å². The molecule has 0 aromatic rings. The van der Waals surface area contributed by atoms with Gasteiger partial charge in [-0.25, -0.2) is 0 Å². The standard InChI is InChI=1S/C12H26ClN3P/c1-3-14(4-2)17(13,15-9-5-6-10-15)16-11-7-8-12-16/h3-12H2,1-2H3/q+1. The van der Waals surface area contributed by atoms with Crippen molar-refractivity contribution in [1.82, 2.24) is 14.0 Å². The first kappa shape index (κ1) is 14.0.